The zero-order valence-electron chi connectivity index (χ0n) is 14.5. The first-order valence-corrected chi connectivity index (χ1v) is 8.23. The summed E-state index contributed by atoms with van der Waals surface area (Å²) in [5.74, 6) is -1.52. The van der Waals surface area contributed by atoms with Crippen LogP contribution in [0.5, 0.6) is 0 Å². The molecule has 1 amide bonds. The molecular formula is C17H27F2N3O3. The van der Waals surface area contributed by atoms with Crippen LogP contribution in [0, 0.1) is 17.6 Å². The van der Waals surface area contributed by atoms with Crippen LogP contribution in [0.2, 0.25) is 0 Å². The highest BCUT2D eigenvalue weighted by Crippen LogP contribution is 2.10. The molecule has 0 aromatic heterocycles. The number of aliphatic hydroxyl groups excluding tert-OH is 2. The molecule has 0 radical (unpaired) electrons. The molecule has 25 heavy (non-hydrogen) atoms. The molecule has 0 saturated heterocycles. The number of carbonyl (C=O) groups is 1. The molecule has 0 heterocycles. The molecule has 8 heteroatoms. The number of hydrogen-bond donors (Lipinski definition) is 5. The number of aliphatic hydroxyl groups is 2. The van der Waals surface area contributed by atoms with Crippen molar-refractivity contribution in [1.82, 2.24) is 10.6 Å². The van der Waals surface area contributed by atoms with E-state index in [0.717, 1.165) is 18.2 Å². The average Bonchev–Trinajstić information content (AvgIpc) is 2.52. The Morgan fingerprint density at radius 2 is 1.80 bits per heavy atom. The minimum Gasteiger partial charge on any atom is -0.394 e. The maximum atomic E-state index is 13.2. The van der Waals surface area contributed by atoms with Gasteiger partial charge in [0.15, 0.2) is 0 Å². The smallest absolute Gasteiger partial charge is 0.239 e. The Hall–Kier alpha value is -1.61. The summed E-state index contributed by atoms with van der Waals surface area (Å²) in [6.07, 6.45) is -0.987. The van der Waals surface area contributed by atoms with Crippen molar-refractivity contribution in [3.8, 4) is 0 Å². The fraction of sp³-hybridized carbons (Fsp3) is 0.588. The van der Waals surface area contributed by atoms with Crippen molar-refractivity contribution in [2.75, 3.05) is 19.7 Å². The van der Waals surface area contributed by atoms with Gasteiger partial charge >= 0.3 is 0 Å². The van der Waals surface area contributed by atoms with Gasteiger partial charge in [-0.1, -0.05) is 13.8 Å². The largest absolute Gasteiger partial charge is 0.394 e. The average molecular weight is 359 g/mol. The third kappa shape index (κ3) is 7.87. The van der Waals surface area contributed by atoms with Crippen LogP contribution in [0.4, 0.5) is 8.78 Å². The van der Waals surface area contributed by atoms with Crippen molar-refractivity contribution in [3.05, 3.63) is 35.4 Å². The second-order valence-corrected chi connectivity index (χ2v) is 6.50. The number of hydrogen-bond acceptors (Lipinski definition) is 5. The van der Waals surface area contributed by atoms with E-state index < -0.39 is 36.4 Å². The van der Waals surface area contributed by atoms with Gasteiger partial charge in [-0.2, -0.15) is 0 Å². The zero-order chi connectivity index (χ0) is 19.0. The molecule has 0 saturated carbocycles. The van der Waals surface area contributed by atoms with E-state index in [4.69, 9.17) is 5.73 Å². The summed E-state index contributed by atoms with van der Waals surface area (Å²) in [7, 11) is 0. The minimum atomic E-state index is -1.06. The summed E-state index contributed by atoms with van der Waals surface area (Å²) in [4.78, 5) is 11.9. The normalized spacial score (nSPS) is 15.0. The standard InChI is InChI=1S/C17H27F2N3O3/c1-10(2)7-22-17(25)15(9-23)21-8-16(24)14(20)5-11-3-12(18)6-13(19)4-11/h3-4,6,10,14-16,21,23-24H,5,7-9,20H2,1-2H3,(H,22,25)/t14-,15-,16+/m0/s1. The molecule has 6 N–H and O–H groups in total. The van der Waals surface area contributed by atoms with E-state index in [1.165, 1.54) is 0 Å². The molecule has 0 unspecified atom stereocenters. The van der Waals surface area contributed by atoms with Crippen molar-refractivity contribution in [2.45, 2.75) is 38.5 Å². The Bertz CT molecular complexity index is 538. The van der Waals surface area contributed by atoms with Crippen LogP contribution in [-0.2, 0) is 11.2 Å². The van der Waals surface area contributed by atoms with Gasteiger partial charge in [0.1, 0.15) is 17.7 Å². The quantitative estimate of drug-likeness (QED) is 0.402. The molecule has 6 nitrogen and oxygen atoms in total. The van der Waals surface area contributed by atoms with E-state index in [-0.39, 0.29) is 24.8 Å². The summed E-state index contributed by atoms with van der Waals surface area (Å²) in [5.41, 5.74) is 6.18. The van der Waals surface area contributed by atoms with Crippen LogP contribution in [0.15, 0.2) is 18.2 Å². The monoisotopic (exact) mass is 359 g/mol. The topological polar surface area (TPSA) is 108 Å². The Balaban J connectivity index is 2.50. The van der Waals surface area contributed by atoms with Crippen LogP contribution in [-0.4, -0.2) is 54.0 Å². The number of carbonyl (C=O) groups excluding carboxylic acids is 1. The number of nitrogens with two attached hydrogens (primary N) is 1. The Labute approximate surface area is 146 Å². The van der Waals surface area contributed by atoms with Crippen LogP contribution < -0.4 is 16.4 Å². The number of nitrogens with one attached hydrogen (secondary N) is 2. The molecule has 1 aromatic carbocycles. The minimum absolute atomic E-state index is 0.0424. The third-order valence-corrected chi connectivity index (χ3v) is 3.64. The Morgan fingerprint density at radius 3 is 2.32 bits per heavy atom. The highest BCUT2D eigenvalue weighted by Gasteiger charge is 2.21. The SMILES string of the molecule is CC(C)CNC(=O)[C@H](CO)NC[C@@H](O)[C@@H](N)Cc1cc(F)cc(F)c1. The number of amides is 1. The second kappa shape index (κ2) is 10.4. The summed E-state index contributed by atoms with van der Waals surface area (Å²) in [6, 6.07) is 1.41. The summed E-state index contributed by atoms with van der Waals surface area (Å²) < 4.78 is 26.3. The summed E-state index contributed by atoms with van der Waals surface area (Å²) in [6.45, 7) is 3.89. The van der Waals surface area contributed by atoms with Gasteiger partial charge in [-0.05, 0) is 30.0 Å². The first-order chi connectivity index (χ1) is 11.7. The summed E-state index contributed by atoms with van der Waals surface area (Å²) in [5, 5.41) is 24.8. The van der Waals surface area contributed by atoms with Gasteiger partial charge in [0.25, 0.3) is 0 Å². The first-order valence-electron chi connectivity index (χ1n) is 8.23. The van der Waals surface area contributed by atoms with Crippen molar-refractivity contribution >= 4 is 5.91 Å². The number of halogens is 2. The molecule has 0 aliphatic rings. The number of benzene rings is 1. The first kappa shape index (κ1) is 21.4. The molecule has 0 aliphatic carbocycles. The van der Waals surface area contributed by atoms with Crippen LogP contribution in [0.1, 0.15) is 19.4 Å². The molecule has 0 bridgehead atoms. The maximum Gasteiger partial charge on any atom is 0.239 e. The van der Waals surface area contributed by atoms with E-state index in [1.54, 1.807) is 0 Å². The van der Waals surface area contributed by atoms with Crippen LogP contribution >= 0.6 is 0 Å². The lowest BCUT2D eigenvalue weighted by Crippen LogP contribution is -2.52. The molecule has 0 aliphatic heterocycles. The Morgan fingerprint density at radius 1 is 1.20 bits per heavy atom. The highest BCUT2D eigenvalue weighted by atomic mass is 19.1. The fourth-order valence-corrected chi connectivity index (χ4v) is 2.22. The predicted molar refractivity (Wildman–Crippen MR) is 90.8 cm³/mol. The lowest BCUT2D eigenvalue weighted by Gasteiger charge is -2.23. The molecule has 1 rings (SSSR count). The highest BCUT2D eigenvalue weighted by molar-refractivity contribution is 5.81. The van der Waals surface area contributed by atoms with Crippen LogP contribution in [0.3, 0.4) is 0 Å². The van der Waals surface area contributed by atoms with Gasteiger partial charge in [-0.25, -0.2) is 8.78 Å². The zero-order valence-corrected chi connectivity index (χ0v) is 14.5. The van der Waals surface area contributed by atoms with Crippen LogP contribution in [0.25, 0.3) is 0 Å². The third-order valence-electron chi connectivity index (χ3n) is 3.64. The van der Waals surface area contributed by atoms with Gasteiger partial charge in [0.2, 0.25) is 5.91 Å². The van der Waals surface area contributed by atoms with Gasteiger partial charge in [0, 0.05) is 25.2 Å². The fourth-order valence-electron chi connectivity index (χ4n) is 2.22. The molecular weight excluding hydrogens is 332 g/mol. The van der Waals surface area contributed by atoms with Crippen molar-refractivity contribution < 1.29 is 23.8 Å². The van der Waals surface area contributed by atoms with E-state index in [2.05, 4.69) is 10.6 Å². The predicted octanol–water partition coefficient (Wildman–Crippen LogP) is -0.0818. The number of rotatable bonds is 10. The Kier molecular flexibility index (Phi) is 8.91. The van der Waals surface area contributed by atoms with E-state index in [0.29, 0.717) is 12.1 Å². The van der Waals surface area contributed by atoms with Gasteiger partial charge in [0.05, 0.1) is 12.7 Å². The second-order valence-electron chi connectivity index (χ2n) is 6.50. The van der Waals surface area contributed by atoms with Crippen molar-refractivity contribution in [2.24, 2.45) is 11.7 Å². The molecule has 142 valence electrons. The molecule has 0 fully saturated rings. The molecule has 0 spiro atoms. The maximum absolute atomic E-state index is 13.2. The van der Waals surface area contributed by atoms with E-state index >= 15 is 0 Å². The molecule has 3 atom stereocenters. The van der Waals surface area contributed by atoms with Crippen molar-refractivity contribution in [1.29, 1.82) is 0 Å². The molecule has 1 aromatic rings. The van der Waals surface area contributed by atoms with Gasteiger partial charge in [-0.15, -0.1) is 0 Å². The van der Waals surface area contributed by atoms with Gasteiger partial charge in [-0.3, -0.25) is 4.79 Å². The van der Waals surface area contributed by atoms with Crippen molar-refractivity contribution in [3.63, 3.8) is 0 Å². The van der Waals surface area contributed by atoms with E-state index in [9.17, 15) is 23.8 Å². The summed E-state index contributed by atoms with van der Waals surface area (Å²) >= 11 is 0. The van der Waals surface area contributed by atoms with E-state index in [1.807, 2.05) is 13.8 Å². The lowest BCUT2D eigenvalue weighted by molar-refractivity contribution is -0.124. The lowest BCUT2D eigenvalue weighted by atomic mass is 10.0. The van der Waals surface area contributed by atoms with Gasteiger partial charge < -0.3 is 26.6 Å².